The Kier molecular flexibility index (Phi) is 6.11. The van der Waals surface area contributed by atoms with Gasteiger partial charge in [0.1, 0.15) is 5.82 Å². The minimum Gasteiger partial charge on any atom is -0.356 e. The van der Waals surface area contributed by atoms with Crippen LogP contribution in [-0.4, -0.2) is 38.5 Å². The van der Waals surface area contributed by atoms with Crippen LogP contribution in [-0.2, 0) is 18.5 Å². The molecule has 5 heteroatoms. The van der Waals surface area contributed by atoms with Gasteiger partial charge in [0, 0.05) is 32.1 Å². The summed E-state index contributed by atoms with van der Waals surface area (Å²) in [6.07, 6.45) is 2.01. The molecule has 27 heavy (non-hydrogen) atoms. The van der Waals surface area contributed by atoms with Crippen molar-refractivity contribution in [3.05, 3.63) is 71.0 Å². The first-order valence-electron chi connectivity index (χ1n) is 9.44. The predicted molar refractivity (Wildman–Crippen MR) is 109 cm³/mol. The molecule has 3 rings (SSSR count). The fraction of sp³-hybridized carbons (Fsp3) is 0.409. The summed E-state index contributed by atoms with van der Waals surface area (Å²) in [5.41, 5.74) is 3.21. The van der Waals surface area contributed by atoms with Crippen LogP contribution >= 0.6 is 0 Å². The molecule has 0 unspecified atom stereocenters. The van der Waals surface area contributed by atoms with Crippen molar-refractivity contribution >= 4 is 5.96 Å². The molecule has 0 atom stereocenters. The lowest BCUT2D eigenvalue weighted by atomic mass is 9.95. The summed E-state index contributed by atoms with van der Waals surface area (Å²) in [5, 5.41) is 6.74. The quantitative estimate of drug-likeness (QED) is 0.582. The molecule has 1 aliphatic rings. The summed E-state index contributed by atoms with van der Waals surface area (Å²) in [4.78, 5) is 6.47. The van der Waals surface area contributed by atoms with Crippen molar-refractivity contribution in [2.45, 2.75) is 31.3 Å². The lowest BCUT2D eigenvalue weighted by molar-refractivity contribution is 0.402. The number of rotatable bonds is 7. The highest BCUT2D eigenvalue weighted by Gasteiger charge is 2.45. The fourth-order valence-electron chi connectivity index (χ4n) is 3.45. The van der Waals surface area contributed by atoms with Gasteiger partial charge in [0.05, 0.1) is 0 Å². The van der Waals surface area contributed by atoms with E-state index in [1.54, 1.807) is 19.2 Å². The molecule has 4 nitrogen and oxygen atoms in total. The monoisotopic (exact) mass is 368 g/mol. The van der Waals surface area contributed by atoms with Gasteiger partial charge in [-0.15, -0.1) is 0 Å². The first kappa shape index (κ1) is 19.4. The number of nitrogens with one attached hydrogen (secondary N) is 2. The topological polar surface area (TPSA) is 39.7 Å². The Hall–Kier alpha value is -2.40. The molecule has 2 N–H and O–H groups in total. The van der Waals surface area contributed by atoms with Crippen molar-refractivity contribution in [1.29, 1.82) is 0 Å². The number of hydrogen-bond acceptors (Lipinski definition) is 2. The molecule has 0 aromatic heterocycles. The van der Waals surface area contributed by atoms with Gasteiger partial charge in [-0.25, -0.2) is 4.39 Å². The average Bonchev–Trinajstić information content (AvgIpc) is 3.43. The van der Waals surface area contributed by atoms with Crippen LogP contribution in [0.2, 0.25) is 0 Å². The molecule has 0 amide bonds. The van der Waals surface area contributed by atoms with E-state index < -0.39 is 0 Å². The van der Waals surface area contributed by atoms with Crippen LogP contribution in [0.1, 0.15) is 29.5 Å². The zero-order valence-corrected chi connectivity index (χ0v) is 16.4. The first-order valence-corrected chi connectivity index (χ1v) is 9.44. The molecule has 0 saturated heterocycles. The first-order chi connectivity index (χ1) is 13.0. The van der Waals surface area contributed by atoms with Crippen LogP contribution in [0.3, 0.4) is 0 Å². The van der Waals surface area contributed by atoms with Crippen molar-refractivity contribution in [3.8, 4) is 0 Å². The Morgan fingerprint density at radius 1 is 1.07 bits per heavy atom. The molecule has 2 aromatic rings. The van der Waals surface area contributed by atoms with Crippen molar-refractivity contribution < 1.29 is 4.39 Å². The lowest BCUT2D eigenvalue weighted by Crippen LogP contribution is -2.41. The molecule has 0 heterocycles. The van der Waals surface area contributed by atoms with Crippen LogP contribution < -0.4 is 10.6 Å². The smallest absolute Gasteiger partial charge is 0.191 e. The highest BCUT2D eigenvalue weighted by atomic mass is 19.1. The molecule has 1 fully saturated rings. The zero-order chi connectivity index (χ0) is 19.3. The van der Waals surface area contributed by atoms with Gasteiger partial charge in [0.15, 0.2) is 5.96 Å². The molecule has 1 saturated carbocycles. The van der Waals surface area contributed by atoms with Crippen molar-refractivity contribution in [3.63, 3.8) is 0 Å². The van der Waals surface area contributed by atoms with Crippen LogP contribution in [0.15, 0.2) is 53.5 Å². The van der Waals surface area contributed by atoms with Gasteiger partial charge in [-0.1, -0.05) is 42.5 Å². The molecule has 0 bridgehead atoms. The molecule has 0 radical (unpaired) electrons. The van der Waals surface area contributed by atoms with E-state index in [9.17, 15) is 4.39 Å². The third kappa shape index (κ3) is 5.07. The molecule has 0 spiro atoms. The second-order valence-electron chi connectivity index (χ2n) is 7.60. The predicted octanol–water partition coefficient (Wildman–Crippen LogP) is 3.28. The Balaban J connectivity index is 1.56. The van der Waals surface area contributed by atoms with E-state index >= 15 is 0 Å². The maximum atomic E-state index is 14.2. The Morgan fingerprint density at radius 3 is 2.48 bits per heavy atom. The van der Waals surface area contributed by atoms with E-state index in [2.05, 4.69) is 58.9 Å². The van der Waals surface area contributed by atoms with Crippen LogP contribution in [0.25, 0.3) is 0 Å². The van der Waals surface area contributed by atoms with Gasteiger partial charge < -0.3 is 15.5 Å². The third-order valence-electron chi connectivity index (χ3n) is 5.07. The maximum absolute atomic E-state index is 14.2. The van der Waals surface area contributed by atoms with Crippen molar-refractivity contribution in [2.75, 3.05) is 27.7 Å². The van der Waals surface area contributed by atoms with Crippen molar-refractivity contribution in [2.24, 2.45) is 4.99 Å². The summed E-state index contributed by atoms with van der Waals surface area (Å²) >= 11 is 0. The third-order valence-corrected chi connectivity index (χ3v) is 5.07. The Labute approximate surface area is 161 Å². The minimum atomic E-state index is -0.113. The average molecular weight is 369 g/mol. The zero-order valence-electron chi connectivity index (χ0n) is 16.4. The lowest BCUT2D eigenvalue weighted by Gasteiger charge is -2.19. The normalized spacial score (nSPS) is 15.7. The number of nitrogens with zero attached hydrogens (tertiary/aromatic N) is 2. The maximum Gasteiger partial charge on any atom is 0.191 e. The van der Waals surface area contributed by atoms with E-state index in [0.717, 1.165) is 30.9 Å². The molecular weight excluding hydrogens is 339 g/mol. The van der Waals surface area contributed by atoms with E-state index in [4.69, 9.17) is 0 Å². The van der Waals surface area contributed by atoms with Gasteiger partial charge >= 0.3 is 0 Å². The van der Waals surface area contributed by atoms with Gasteiger partial charge in [-0.2, -0.15) is 0 Å². The SMILES string of the molecule is CN=C(NCc1cccc(CN(C)C)c1)NCC1(c2ccccc2F)CC1. The molecular formula is C22H29FN4. The van der Waals surface area contributed by atoms with E-state index in [-0.39, 0.29) is 11.2 Å². The summed E-state index contributed by atoms with van der Waals surface area (Å²) < 4.78 is 14.2. The summed E-state index contributed by atoms with van der Waals surface area (Å²) in [5.74, 6) is 0.632. The van der Waals surface area contributed by atoms with Crippen LogP contribution in [0.4, 0.5) is 4.39 Å². The second kappa shape index (κ2) is 8.53. The highest BCUT2D eigenvalue weighted by molar-refractivity contribution is 5.79. The Morgan fingerprint density at radius 2 is 1.81 bits per heavy atom. The van der Waals surface area contributed by atoms with Gasteiger partial charge in [0.2, 0.25) is 0 Å². The minimum absolute atomic E-state index is 0.103. The summed E-state index contributed by atoms with van der Waals surface area (Å²) in [6.45, 7) is 2.31. The number of hydrogen-bond donors (Lipinski definition) is 2. The number of halogens is 1. The second-order valence-corrected chi connectivity index (χ2v) is 7.60. The number of guanidine groups is 1. The molecule has 2 aromatic carbocycles. The van der Waals surface area contributed by atoms with E-state index in [1.807, 2.05) is 12.1 Å². The fourth-order valence-corrected chi connectivity index (χ4v) is 3.45. The Bertz CT molecular complexity index is 796. The molecule has 144 valence electrons. The molecule has 1 aliphatic carbocycles. The number of aliphatic imine (C=N–C) groups is 1. The van der Waals surface area contributed by atoms with E-state index in [1.165, 1.54) is 11.1 Å². The van der Waals surface area contributed by atoms with Gasteiger partial charge in [-0.05, 0) is 49.7 Å². The summed E-state index contributed by atoms with van der Waals surface area (Å²) in [7, 11) is 5.90. The highest BCUT2D eigenvalue weighted by Crippen LogP contribution is 2.48. The largest absolute Gasteiger partial charge is 0.356 e. The number of benzene rings is 2. The van der Waals surface area contributed by atoms with E-state index in [0.29, 0.717) is 13.1 Å². The van der Waals surface area contributed by atoms with Gasteiger partial charge in [0.25, 0.3) is 0 Å². The van der Waals surface area contributed by atoms with Crippen molar-refractivity contribution in [1.82, 2.24) is 15.5 Å². The van der Waals surface area contributed by atoms with Crippen LogP contribution in [0, 0.1) is 5.82 Å². The summed E-state index contributed by atoms with van der Waals surface area (Å²) in [6, 6.07) is 15.6. The molecule has 0 aliphatic heterocycles. The standard InChI is InChI=1S/C22H29FN4/c1-24-21(25-14-17-7-6-8-18(13-17)15-27(2)3)26-16-22(11-12-22)19-9-4-5-10-20(19)23/h4-10,13H,11-12,14-16H2,1-3H3,(H2,24,25,26). The van der Waals surface area contributed by atoms with Gasteiger partial charge in [-0.3, -0.25) is 4.99 Å². The van der Waals surface area contributed by atoms with Crippen LogP contribution in [0.5, 0.6) is 0 Å².